The second-order valence-corrected chi connectivity index (χ2v) is 5.66. The third kappa shape index (κ3) is 3.76. The fraction of sp³-hybridized carbons (Fsp3) is 0.667. The smallest absolute Gasteiger partial charge is 0.240 e. The molecule has 1 saturated heterocycles. The summed E-state index contributed by atoms with van der Waals surface area (Å²) in [6, 6.07) is 0. The third-order valence-electron chi connectivity index (χ3n) is 3.27. The maximum atomic E-state index is 11.8. The van der Waals surface area contributed by atoms with E-state index in [4.69, 9.17) is 0 Å². The topological polar surface area (TPSA) is 65.5 Å². The maximum Gasteiger partial charge on any atom is 0.240 e. The largest absolute Gasteiger partial charge is 0.393 e. The Morgan fingerprint density at radius 1 is 1.78 bits per heavy atom. The molecule has 0 spiro atoms. The van der Waals surface area contributed by atoms with E-state index in [1.165, 1.54) is 11.3 Å². The molecule has 1 aromatic rings. The fourth-order valence-corrected chi connectivity index (χ4v) is 2.82. The number of thiazole rings is 1. The predicted octanol–water partition coefficient (Wildman–Crippen LogP) is 1.17. The molecule has 2 N–H and O–H groups in total. The molecule has 1 aliphatic heterocycles. The number of hydrogen-bond acceptors (Lipinski definition) is 5. The predicted molar refractivity (Wildman–Crippen MR) is 71.6 cm³/mol. The summed E-state index contributed by atoms with van der Waals surface area (Å²) < 4.78 is 0. The summed E-state index contributed by atoms with van der Waals surface area (Å²) in [5, 5.41) is 14.9. The summed E-state index contributed by atoms with van der Waals surface area (Å²) in [5.74, 6) is 0.252. The molecule has 0 radical (unpaired) electrons. The van der Waals surface area contributed by atoms with E-state index >= 15 is 0 Å². The zero-order chi connectivity index (χ0) is 13.0. The first kappa shape index (κ1) is 13.5. The number of anilines is 1. The molecule has 0 bridgehead atoms. The number of rotatable bonds is 4. The Morgan fingerprint density at radius 3 is 3.28 bits per heavy atom. The van der Waals surface area contributed by atoms with Crippen LogP contribution in [0.3, 0.4) is 0 Å². The Hall–Kier alpha value is -0.980. The van der Waals surface area contributed by atoms with E-state index in [0.29, 0.717) is 11.7 Å². The number of amides is 1. The van der Waals surface area contributed by atoms with Crippen molar-refractivity contribution >= 4 is 22.4 Å². The Labute approximate surface area is 111 Å². The third-order valence-corrected chi connectivity index (χ3v) is 3.96. The van der Waals surface area contributed by atoms with Crippen LogP contribution in [0, 0.1) is 5.92 Å². The first-order chi connectivity index (χ1) is 8.65. The quantitative estimate of drug-likeness (QED) is 0.861. The molecule has 6 heteroatoms. The summed E-state index contributed by atoms with van der Waals surface area (Å²) in [7, 11) is 0. The molecule has 0 aromatic carbocycles. The molecule has 1 fully saturated rings. The highest BCUT2D eigenvalue weighted by Crippen LogP contribution is 2.19. The summed E-state index contributed by atoms with van der Waals surface area (Å²) in [4.78, 5) is 17.9. The van der Waals surface area contributed by atoms with Gasteiger partial charge in [0, 0.05) is 18.1 Å². The van der Waals surface area contributed by atoms with E-state index in [0.717, 1.165) is 25.9 Å². The van der Waals surface area contributed by atoms with Crippen molar-refractivity contribution in [3.05, 3.63) is 11.6 Å². The van der Waals surface area contributed by atoms with Gasteiger partial charge in [0.25, 0.3) is 0 Å². The molecule has 1 amide bonds. The standard InChI is InChI=1S/C12H19N3O2S/c1-9(16)10-3-2-5-15(7-10)8-11(17)14-12-13-4-6-18-12/h4,6,9-10,16H,2-3,5,7-8H2,1H3,(H,13,14,17). The van der Waals surface area contributed by atoms with E-state index < -0.39 is 0 Å². The number of likely N-dealkylation sites (tertiary alicyclic amines) is 1. The van der Waals surface area contributed by atoms with Gasteiger partial charge in [0.2, 0.25) is 5.91 Å². The number of aliphatic hydroxyl groups is 1. The van der Waals surface area contributed by atoms with Crippen LogP contribution in [0.4, 0.5) is 5.13 Å². The van der Waals surface area contributed by atoms with Crippen molar-refractivity contribution in [2.75, 3.05) is 25.0 Å². The van der Waals surface area contributed by atoms with Crippen molar-refractivity contribution in [2.24, 2.45) is 5.92 Å². The summed E-state index contributed by atoms with van der Waals surface area (Å²) >= 11 is 1.42. The lowest BCUT2D eigenvalue weighted by Gasteiger charge is -2.33. The molecule has 18 heavy (non-hydrogen) atoms. The van der Waals surface area contributed by atoms with Gasteiger partial charge in [0.05, 0.1) is 12.6 Å². The lowest BCUT2D eigenvalue weighted by Crippen LogP contribution is -2.43. The summed E-state index contributed by atoms with van der Waals surface area (Å²) in [6.45, 7) is 3.92. The molecule has 2 rings (SSSR count). The van der Waals surface area contributed by atoms with Gasteiger partial charge in [-0.05, 0) is 32.2 Å². The number of carbonyl (C=O) groups is 1. The normalized spacial score (nSPS) is 22.7. The van der Waals surface area contributed by atoms with Crippen LogP contribution >= 0.6 is 11.3 Å². The molecule has 2 heterocycles. The number of piperidine rings is 1. The van der Waals surface area contributed by atoms with Gasteiger partial charge in [-0.2, -0.15) is 0 Å². The van der Waals surface area contributed by atoms with Crippen LogP contribution in [0.5, 0.6) is 0 Å². The molecule has 2 unspecified atom stereocenters. The number of hydrogen-bond donors (Lipinski definition) is 2. The zero-order valence-electron chi connectivity index (χ0n) is 10.5. The molecule has 5 nitrogen and oxygen atoms in total. The average molecular weight is 269 g/mol. The van der Waals surface area contributed by atoms with Gasteiger partial charge < -0.3 is 10.4 Å². The number of aromatic nitrogens is 1. The zero-order valence-corrected chi connectivity index (χ0v) is 11.3. The van der Waals surface area contributed by atoms with Gasteiger partial charge in [-0.3, -0.25) is 9.69 Å². The minimum Gasteiger partial charge on any atom is -0.393 e. The SMILES string of the molecule is CC(O)C1CCCN(CC(=O)Nc2nccs2)C1. The van der Waals surface area contributed by atoms with Crippen molar-refractivity contribution < 1.29 is 9.90 Å². The van der Waals surface area contributed by atoms with Crippen molar-refractivity contribution in [1.29, 1.82) is 0 Å². The maximum absolute atomic E-state index is 11.8. The number of carbonyl (C=O) groups excluding carboxylic acids is 1. The van der Waals surface area contributed by atoms with Gasteiger partial charge in [0.15, 0.2) is 5.13 Å². The van der Waals surface area contributed by atoms with Gasteiger partial charge in [0.1, 0.15) is 0 Å². The van der Waals surface area contributed by atoms with Gasteiger partial charge in [-0.25, -0.2) is 4.98 Å². The van der Waals surface area contributed by atoms with Crippen molar-refractivity contribution in [1.82, 2.24) is 9.88 Å². The van der Waals surface area contributed by atoms with Gasteiger partial charge in [-0.15, -0.1) is 11.3 Å². The molecule has 2 atom stereocenters. The minimum atomic E-state index is -0.296. The van der Waals surface area contributed by atoms with E-state index in [1.807, 2.05) is 12.3 Å². The second kappa shape index (κ2) is 6.26. The first-order valence-electron chi connectivity index (χ1n) is 6.25. The van der Waals surface area contributed by atoms with Crippen molar-refractivity contribution in [3.63, 3.8) is 0 Å². The van der Waals surface area contributed by atoms with E-state index in [1.54, 1.807) is 6.20 Å². The van der Waals surface area contributed by atoms with Crippen molar-refractivity contribution in [2.45, 2.75) is 25.9 Å². The second-order valence-electron chi connectivity index (χ2n) is 4.76. The molecule has 0 aliphatic carbocycles. The number of aliphatic hydroxyl groups excluding tert-OH is 1. The Bertz CT molecular complexity index is 381. The average Bonchev–Trinajstić information content (AvgIpc) is 2.82. The molecule has 0 saturated carbocycles. The Morgan fingerprint density at radius 2 is 2.61 bits per heavy atom. The minimum absolute atomic E-state index is 0.0313. The molecule has 100 valence electrons. The van der Waals surface area contributed by atoms with Crippen LogP contribution in [-0.4, -0.2) is 46.6 Å². The highest BCUT2D eigenvalue weighted by molar-refractivity contribution is 7.13. The monoisotopic (exact) mass is 269 g/mol. The van der Waals surface area contributed by atoms with Crippen LogP contribution < -0.4 is 5.32 Å². The van der Waals surface area contributed by atoms with Gasteiger partial charge >= 0.3 is 0 Å². The van der Waals surface area contributed by atoms with E-state index in [9.17, 15) is 9.90 Å². The molecule has 1 aromatic heterocycles. The number of nitrogens with zero attached hydrogens (tertiary/aromatic N) is 2. The first-order valence-corrected chi connectivity index (χ1v) is 7.13. The van der Waals surface area contributed by atoms with Crippen LogP contribution in [0.25, 0.3) is 0 Å². The highest BCUT2D eigenvalue weighted by Gasteiger charge is 2.24. The lowest BCUT2D eigenvalue weighted by molar-refractivity contribution is -0.118. The van der Waals surface area contributed by atoms with Gasteiger partial charge in [-0.1, -0.05) is 0 Å². The fourth-order valence-electron chi connectivity index (χ4n) is 2.28. The lowest BCUT2D eigenvalue weighted by atomic mass is 9.93. The summed E-state index contributed by atoms with van der Waals surface area (Å²) in [5.41, 5.74) is 0. The van der Waals surface area contributed by atoms with Crippen LogP contribution in [0.1, 0.15) is 19.8 Å². The molecular formula is C12H19N3O2S. The number of nitrogens with one attached hydrogen (secondary N) is 1. The Balaban J connectivity index is 1.80. The molecule has 1 aliphatic rings. The highest BCUT2D eigenvalue weighted by atomic mass is 32.1. The molecular weight excluding hydrogens is 250 g/mol. The van der Waals surface area contributed by atoms with E-state index in [2.05, 4.69) is 15.2 Å². The van der Waals surface area contributed by atoms with E-state index in [-0.39, 0.29) is 17.9 Å². The van der Waals surface area contributed by atoms with Crippen LogP contribution in [0.2, 0.25) is 0 Å². The van der Waals surface area contributed by atoms with Crippen molar-refractivity contribution in [3.8, 4) is 0 Å². The summed E-state index contributed by atoms with van der Waals surface area (Å²) in [6.07, 6.45) is 3.46. The Kier molecular flexibility index (Phi) is 4.68. The van der Waals surface area contributed by atoms with Crippen LogP contribution in [-0.2, 0) is 4.79 Å². The van der Waals surface area contributed by atoms with Crippen LogP contribution in [0.15, 0.2) is 11.6 Å².